The first kappa shape index (κ1) is 15.2. The Kier molecular flexibility index (Phi) is 6.01. The number of rotatable bonds is 6. The molecule has 6 nitrogen and oxygen atoms in total. The molecule has 0 spiro atoms. The molecule has 104 valence electrons. The number of nitro benzene ring substituents is 1. The average molecular weight is 283 g/mol. The third-order valence-corrected chi connectivity index (χ3v) is 2.51. The van der Waals surface area contributed by atoms with Crippen LogP contribution in [0.25, 0.3) is 0 Å². The van der Waals surface area contributed by atoms with Crippen LogP contribution in [0.4, 0.5) is 11.4 Å². The van der Waals surface area contributed by atoms with Crippen LogP contribution in [0, 0.1) is 10.1 Å². The third-order valence-electron chi connectivity index (χ3n) is 2.26. The number of hydrogen-bond acceptors (Lipinski definition) is 4. The van der Waals surface area contributed by atoms with Gasteiger partial charge in [0.05, 0.1) is 17.6 Å². The van der Waals surface area contributed by atoms with E-state index in [1.807, 2.05) is 13.8 Å². The minimum atomic E-state index is -0.465. The van der Waals surface area contributed by atoms with Gasteiger partial charge in [0.1, 0.15) is 11.4 Å². The number of nitrogens with zero attached hydrogens (tertiary/aromatic N) is 1. The van der Waals surface area contributed by atoms with E-state index in [-0.39, 0.29) is 5.69 Å². The summed E-state index contributed by atoms with van der Waals surface area (Å²) < 4.78 is 5.24. The Balaban J connectivity index is 2.87. The second kappa shape index (κ2) is 7.52. The lowest BCUT2D eigenvalue weighted by Gasteiger charge is -2.11. The summed E-state index contributed by atoms with van der Waals surface area (Å²) in [6.07, 6.45) is 0.924. The summed E-state index contributed by atoms with van der Waals surface area (Å²) in [6, 6.07) is 4.64. The lowest BCUT2D eigenvalue weighted by Crippen LogP contribution is -2.29. The molecule has 1 aromatic rings. The topological polar surface area (TPSA) is 76.4 Å². The van der Waals surface area contributed by atoms with Gasteiger partial charge in [-0.1, -0.05) is 6.92 Å². The number of ether oxygens (including phenoxy) is 1. The summed E-state index contributed by atoms with van der Waals surface area (Å²) in [4.78, 5) is 10.6. The maximum atomic E-state index is 11.0. The first-order valence-electron chi connectivity index (χ1n) is 6.04. The van der Waals surface area contributed by atoms with Crippen molar-refractivity contribution in [2.45, 2.75) is 20.3 Å². The molecule has 0 fully saturated rings. The SMILES string of the molecule is CCCNC(=S)Nc1ccc(OCC)cc1[N+](=O)[O-]. The molecule has 2 N–H and O–H groups in total. The van der Waals surface area contributed by atoms with Crippen molar-refractivity contribution in [2.24, 2.45) is 0 Å². The van der Waals surface area contributed by atoms with Crippen LogP contribution in [-0.2, 0) is 0 Å². The van der Waals surface area contributed by atoms with Gasteiger partial charge in [0.15, 0.2) is 5.11 Å². The summed E-state index contributed by atoms with van der Waals surface area (Å²) in [5.41, 5.74) is 0.286. The number of hydrogen-bond donors (Lipinski definition) is 2. The van der Waals surface area contributed by atoms with Gasteiger partial charge in [-0.3, -0.25) is 10.1 Å². The molecule has 7 heteroatoms. The minimum Gasteiger partial charge on any atom is -0.494 e. The molecule has 19 heavy (non-hydrogen) atoms. The zero-order valence-corrected chi connectivity index (χ0v) is 11.8. The maximum absolute atomic E-state index is 11.0. The van der Waals surface area contributed by atoms with Crippen molar-refractivity contribution in [1.82, 2.24) is 5.32 Å². The molecular weight excluding hydrogens is 266 g/mol. The van der Waals surface area contributed by atoms with Crippen molar-refractivity contribution >= 4 is 28.7 Å². The van der Waals surface area contributed by atoms with E-state index in [2.05, 4.69) is 10.6 Å². The fourth-order valence-corrected chi connectivity index (χ4v) is 1.64. The highest BCUT2D eigenvalue weighted by atomic mass is 32.1. The lowest BCUT2D eigenvalue weighted by atomic mass is 10.2. The molecular formula is C12H17N3O3S. The van der Waals surface area contributed by atoms with Crippen LogP contribution in [0.1, 0.15) is 20.3 Å². The van der Waals surface area contributed by atoms with Crippen molar-refractivity contribution in [2.75, 3.05) is 18.5 Å². The lowest BCUT2D eigenvalue weighted by molar-refractivity contribution is -0.384. The second-order valence-corrected chi connectivity index (χ2v) is 4.16. The quantitative estimate of drug-likeness (QED) is 0.475. The summed E-state index contributed by atoms with van der Waals surface area (Å²) in [7, 11) is 0. The Bertz CT molecular complexity index is 466. The number of nitro groups is 1. The molecule has 0 saturated carbocycles. The van der Waals surface area contributed by atoms with Crippen molar-refractivity contribution in [3.8, 4) is 5.75 Å². The molecule has 0 bridgehead atoms. The molecule has 1 rings (SSSR count). The number of thiocarbonyl (C=S) groups is 1. The first-order chi connectivity index (χ1) is 9.08. The molecule has 0 heterocycles. The van der Waals surface area contributed by atoms with Crippen LogP contribution in [0.3, 0.4) is 0 Å². The summed E-state index contributed by atoms with van der Waals surface area (Å²) in [6.45, 7) is 5.01. The molecule has 0 unspecified atom stereocenters. The Morgan fingerprint density at radius 3 is 2.79 bits per heavy atom. The summed E-state index contributed by atoms with van der Waals surface area (Å²) >= 11 is 5.06. The first-order valence-corrected chi connectivity index (χ1v) is 6.45. The summed E-state index contributed by atoms with van der Waals surface area (Å²) in [5, 5.41) is 17.2. The third kappa shape index (κ3) is 4.70. The molecule has 0 aliphatic rings. The van der Waals surface area contributed by atoms with E-state index in [1.165, 1.54) is 6.07 Å². The van der Waals surface area contributed by atoms with Gasteiger partial charge in [-0.2, -0.15) is 0 Å². The van der Waals surface area contributed by atoms with Crippen LogP contribution in [0.15, 0.2) is 18.2 Å². The van der Waals surface area contributed by atoms with E-state index >= 15 is 0 Å². The highest BCUT2D eigenvalue weighted by Gasteiger charge is 2.16. The smallest absolute Gasteiger partial charge is 0.296 e. The monoisotopic (exact) mass is 283 g/mol. The van der Waals surface area contributed by atoms with E-state index in [0.29, 0.717) is 23.2 Å². The van der Waals surface area contributed by atoms with E-state index in [9.17, 15) is 10.1 Å². The zero-order valence-electron chi connectivity index (χ0n) is 10.9. The zero-order chi connectivity index (χ0) is 14.3. The Morgan fingerprint density at radius 1 is 1.47 bits per heavy atom. The number of benzene rings is 1. The maximum Gasteiger partial charge on any atom is 0.296 e. The van der Waals surface area contributed by atoms with Gasteiger partial charge in [0.2, 0.25) is 0 Å². The van der Waals surface area contributed by atoms with Crippen molar-refractivity contribution < 1.29 is 9.66 Å². The average Bonchev–Trinajstić information content (AvgIpc) is 2.38. The van der Waals surface area contributed by atoms with E-state index in [4.69, 9.17) is 17.0 Å². The minimum absolute atomic E-state index is 0.0633. The Labute approximate surface area is 117 Å². The van der Waals surface area contributed by atoms with E-state index in [1.54, 1.807) is 12.1 Å². The van der Waals surface area contributed by atoms with Crippen LogP contribution in [0.2, 0.25) is 0 Å². The largest absolute Gasteiger partial charge is 0.494 e. The predicted molar refractivity (Wildman–Crippen MR) is 78.8 cm³/mol. The molecule has 0 saturated heterocycles. The second-order valence-electron chi connectivity index (χ2n) is 3.75. The van der Waals surface area contributed by atoms with Crippen LogP contribution in [0.5, 0.6) is 5.75 Å². The van der Waals surface area contributed by atoms with Gasteiger partial charge in [-0.15, -0.1) is 0 Å². The van der Waals surface area contributed by atoms with Gasteiger partial charge in [-0.05, 0) is 37.7 Å². The van der Waals surface area contributed by atoms with Gasteiger partial charge in [-0.25, -0.2) is 0 Å². The number of nitrogens with one attached hydrogen (secondary N) is 2. The highest BCUT2D eigenvalue weighted by molar-refractivity contribution is 7.80. The number of anilines is 1. The van der Waals surface area contributed by atoms with Crippen molar-refractivity contribution in [3.63, 3.8) is 0 Å². The molecule has 0 amide bonds. The predicted octanol–water partition coefficient (Wildman–Crippen LogP) is 2.69. The van der Waals surface area contributed by atoms with E-state index < -0.39 is 4.92 Å². The molecule has 0 aromatic heterocycles. The molecule has 1 aromatic carbocycles. The Morgan fingerprint density at radius 2 is 2.21 bits per heavy atom. The summed E-state index contributed by atoms with van der Waals surface area (Å²) in [5.74, 6) is 0.465. The molecule has 0 atom stereocenters. The van der Waals surface area contributed by atoms with Gasteiger partial charge in [0, 0.05) is 6.54 Å². The van der Waals surface area contributed by atoms with Crippen molar-refractivity contribution in [1.29, 1.82) is 0 Å². The van der Waals surface area contributed by atoms with Crippen LogP contribution >= 0.6 is 12.2 Å². The standard InChI is InChI=1S/C12H17N3O3S/c1-3-7-13-12(19)14-10-6-5-9(18-4-2)8-11(10)15(16)17/h5-6,8H,3-4,7H2,1-2H3,(H2,13,14,19). The molecule has 0 aliphatic carbocycles. The Hall–Kier alpha value is -1.89. The normalized spacial score (nSPS) is 9.79. The van der Waals surface area contributed by atoms with Crippen molar-refractivity contribution in [3.05, 3.63) is 28.3 Å². The van der Waals surface area contributed by atoms with Gasteiger partial charge >= 0.3 is 0 Å². The fourth-order valence-electron chi connectivity index (χ4n) is 1.43. The van der Waals surface area contributed by atoms with Gasteiger partial charge < -0.3 is 15.4 Å². The molecule has 0 radical (unpaired) electrons. The van der Waals surface area contributed by atoms with Crippen LogP contribution < -0.4 is 15.4 Å². The highest BCUT2D eigenvalue weighted by Crippen LogP contribution is 2.29. The van der Waals surface area contributed by atoms with E-state index in [0.717, 1.165) is 13.0 Å². The molecule has 0 aliphatic heterocycles. The van der Waals surface area contributed by atoms with Gasteiger partial charge in [0.25, 0.3) is 5.69 Å². The fraction of sp³-hybridized carbons (Fsp3) is 0.417. The van der Waals surface area contributed by atoms with Crippen LogP contribution in [-0.4, -0.2) is 23.2 Å².